The quantitative estimate of drug-likeness (QED) is 0.614. The van der Waals surface area contributed by atoms with Crippen LogP contribution in [0.3, 0.4) is 0 Å². The summed E-state index contributed by atoms with van der Waals surface area (Å²) in [6, 6.07) is 11.7. The maximum absolute atomic E-state index is 13.6. The molecule has 2 aromatic heterocycles. The van der Waals surface area contributed by atoms with Crippen LogP contribution >= 0.6 is 11.3 Å². The first-order chi connectivity index (χ1) is 15.6. The van der Waals surface area contributed by atoms with Crippen LogP contribution in [0.5, 0.6) is 0 Å². The fourth-order valence-corrected chi connectivity index (χ4v) is 5.48. The van der Waals surface area contributed by atoms with Crippen molar-refractivity contribution >= 4 is 34.7 Å². The van der Waals surface area contributed by atoms with Gasteiger partial charge in [0.05, 0.1) is 18.2 Å². The molecule has 7 nitrogen and oxygen atoms in total. The molecule has 2 aliphatic heterocycles. The van der Waals surface area contributed by atoms with E-state index in [2.05, 4.69) is 14.9 Å². The van der Waals surface area contributed by atoms with Gasteiger partial charge in [0.2, 0.25) is 11.8 Å². The van der Waals surface area contributed by atoms with Crippen molar-refractivity contribution in [3.8, 4) is 0 Å². The number of carbonyl (C=O) groups excluding carboxylic acids is 2. The number of nitrogens with zero attached hydrogens (tertiary/aromatic N) is 5. The van der Waals surface area contributed by atoms with Gasteiger partial charge in [-0.1, -0.05) is 23.8 Å². The Morgan fingerprint density at radius 2 is 1.84 bits per heavy atom. The Morgan fingerprint density at radius 3 is 2.50 bits per heavy atom. The molecule has 0 bridgehead atoms. The molecule has 0 N–H and O–H groups in total. The van der Waals surface area contributed by atoms with Gasteiger partial charge < -0.3 is 14.7 Å². The smallest absolute Gasteiger partial charge is 0.228 e. The number of hydrogen-bond acceptors (Lipinski definition) is 6. The largest absolute Gasteiger partial charge is 0.352 e. The molecule has 2 aliphatic rings. The molecule has 2 saturated heterocycles. The Kier molecular flexibility index (Phi) is 5.61. The van der Waals surface area contributed by atoms with Gasteiger partial charge in [-0.3, -0.25) is 14.6 Å². The van der Waals surface area contributed by atoms with Crippen LogP contribution in [0.2, 0.25) is 0 Å². The zero-order valence-electron chi connectivity index (χ0n) is 17.9. The molecular weight excluding hydrogens is 422 g/mol. The number of carbonyl (C=O) groups is 2. The summed E-state index contributed by atoms with van der Waals surface area (Å²) in [6.45, 7) is 4.66. The van der Waals surface area contributed by atoms with Gasteiger partial charge in [-0.25, -0.2) is 4.98 Å². The predicted octanol–water partition coefficient (Wildman–Crippen LogP) is 3.29. The second-order valence-corrected chi connectivity index (χ2v) is 9.23. The molecule has 0 saturated carbocycles. The van der Waals surface area contributed by atoms with Crippen LogP contribution in [-0.2, 0) is 9.59 Å². The summed E-state index contributed by atoms with van der Waals surface area (Å²) in [7, 11) is 0. The first-order valence-corrected chi connectivity index (χ1v) is 11.7. The van der Waals surface area contributed by atoms with Gasteiger partial charge in [0.25, 0.3) is 0 Å². The zero-order valence-corrected chi connectivity index (χ0v) is 18.7. The SMILES string of the molecule is Cc1ccc(N2C(=O)CC(C(=O)N3CCN(c4cnccn4)CC3)C2c2cccs2)cc1. The van der Waals surface area contributed by atoms with E-state index in [1.807, 2.05) is 58.5 Å². The lowest BCUT2D eigenvalue weighted by molar-refractivity contribution is -0.136. The van der Waals surface area contributed by atoms with Crippen LogP contribution in [-0.4, -0.2) is 52.9 Å². The number of thiophene rings is 1. The fourth-order valence-electron chi connectivity index (χ4n) is 4.60. The molecule has 2 amide bonds. The third-order valence-corrected chi connectivity index (χ3v) is 7.19. The Hall–Kier alpha value is -3.26. The van der Waals surface area contributed by atoms with Crippen LogP contribution in [0, 0.1) is 12.8 Å². The third kappa shape index (κ3) is 3.86. The van der Waals surface area contributed by atoms with Crippen molar-refractivity contribution in [2.24, 2.45) is 5.92 Å². The van der Waals surface area contributed by atoms with Crippen molar-refractivity contribution in [1.29, 1.82) is 0 Å². The maximum atomic E-state index is 13.6. The van der Waals surface area contributed by atoms with Gasteiger partial charge in [-0.2, -0.15) is 0 Å². The monoisotopic (exact) mass is 447 g/mol. The number of benzene rings is 1. The average molecular weight is 448 g/mol. The summed E-state index contributed by atoms with van der Waals surface area (Å²) in [5.41, 5.74) is 1.99. The van der Waals surface area contributed by atoms with Gasteiger partial charge in [0.15, 0.2) is 0 Å². The van der Waals surface area contributed by atoms with Gasteiger partial charge in [0, 0.05) is 55.6 Å². The van der Waals surface area contributed by atoms with Crippen molar-refractivity contribution in [3.05, 3.63) is 70.8 Å². The van der Waals surface area contributed by atoms with Crippen molar-refractivity contribution in [2.45, 2.75) is 19.4 Å². The highest BCUT2D eigenvalue weighted by Gasteiger charge is 2.47. The molecule has 3 aromatic rings. The number of aromatic nitrogens is 2. The molecule has 8 heteroatoms. The summed E-state index contributed by atoms with van der Waals surface area (Å²) in [5, 5.41) is 2.01. The van der Waals surface area contributed by atoms with Crippen molar-refractivity contribution in [1.82, 2.24) is 14.9 Å². The van der Waals surface area contributed by atoms with Crippen molar-refractivity contribution in [2.75, 3.05) is 36.0 Å². The van der Waals surface area contributed by atoms with E-state index in [1.54, 1.807) is 29.9 Å². The minimum absolute atomic E-state index is 0.00352. The molecule has 0 spiro atoms. The molecule has 4 heterocycles. The Labute approximate surface area is 191 Å². The van der Waals surface area contributed by atoms with Gasteiger partial charge >= 0.3 is 0 Å². The molecule has 0 aliphatic carbocycles. The van der Waals surface area contributed by atoms with Crippen LogP contribution in [0.15, 0.2) is 60.4 Å². The number of anilines is 2. The van der Waals surface area contributed by atoms with E-state index in [0.717, 1.165) is 21.9 Å². The molecule has 164 valence electrons. The molecule has 5 rings (SSSR count). The van der Waals surface area contributed by atoms with E-state index in [9.17, 15) is 9.59 Å². The summed E-state index contributed by atoms with van der Waals surface area (Å²) in [6.07, 6.45) is 5.33. The van der Waals surface area contributed by atoms with Crippen LogP contribution in [0.4, 0.5) is 11.5 Å². The number of rotatable bonds is 4. The maximum Gasteiger partial charge on any atom is 0.228 e. The van der Waals surface area contributed by atoms with Crippen molar-refractivity contribution < 1.29 is 9.59 Å². The second-order valence-electron chi connectivity index (χ2n) is 8.25. The van der Waals surface area contributed by atoms with Gasteiger partial charge in [-0.15, -0.1) is 11.3 Å². The van der Waals surface area contributed by atoms with E-state index < -0.39 is 0 Å². The summed E-state index contributed by atoms with van der Waals surface area (Å²) < 4.78 is 0. The lowest BCUT2D eigenvalue weighted by atomic mass is 9.96. The fraction of sp³-hybridized carbons (Fsp3) is 0.333. The van der Waals surface area contributed by atoms with Gasteiger partial charge in [-0.05, 0) is 30.5 Å². The summed E-state index contributed by atoms with van der Waals surface area (Å²) in [4.78, 5) is 42.2. The van der Waals surface area contributed by atoms with E-state index in [4.69, 9.17) is 0 Å². The number of aryl methyl sites for hydroxylation is 1. The first-order valence-electron chi connectivity index (χ1n) is 10.8. The molecule has 2 fully saturated rings. The van der Waals surface area contributed by atoms with E-state index in [-0.39, 0.29) is 30.2 Å². The molecular formula is C24H25N5O2S. The highest BCUT2D eigenvalue weighted by atomic mass is 32.1. The zero-order chi connectivity index (χ0) is 22.1. The van der Waals surface area contributed by atoms with E-state index in [0.29, 0.717) is 26.2 Å². The van der Waals surface area contributed by atoms with E-state index in [1.165, 1.54) is 0 Å². The topological polar surface area (TPSA) is 69.6 Å². The Morgan fingerprint density at radius 1 is 1.06 bits per heavy atom. The first kappa shape index (κ1) is 20.6. The normalized spacial score (nSPS) is 21.3. The summed E-state index contributed by atoms with van der Waals surface area (Å²) >= 11 is 1.60. The third-order valence-electron chi connectivity index (χ3n) is 6.25. The van der Waals surface area contributed by atoms with Crippen LogP contribution in [0.25, 0.3) is 0 Å². The highest BCUT2D eigenvalue weighted by Crippen LogP contribution is 2.43. The standard InChI is InChI=1S/C24H25N5O2S/c1-17-4-6-18(7-5-17)29-22(30)15-19(23(29)20-3-2-14-32-20)24(31)28-12-10-27(11-13-28)21-16-25-8-9-26-21/h2-9,14,16,19,23H,10-13,15H2,1H3. The lowest BCUT2D eigenvalue weighted by Crippen LogP contribution is -2.51. The number of piperazine rings is 1. The molecule has 2 atom stereocenters. The Bertz CT molecular complexity index is 1080. The minimum atomic E-state index is -0.384. The predicted molar refractivity (Wildman–Crippen MR) is 125 cm³/mol. The van der Waals surface area contributed by atoms with Crippen molar-refractivity contribution in [3.63, 3.8) is 0 Å². The Balaban J connectivity index is 1.37. The molecule has 2 unspecified atom stereocenters. The number of hydrogen-bond donors (Lipinski definition) is 0. The highest BCUT2D eigenvalue weighted by molar-refractivity contribution is 7.10. The van der Waals surface area contributed by atoms with E-state index >= 15 is 0 Å². The summed E-state index contributed by atoms with van der Waals surface area (Å²) in [5.74, 6) is 0.511. The van der Waals surface area contributed by atoms with Crippen LogP contribution in [0.1, 0.15) is 22.9 Å². The molecule has 1 aromatic carbocycles. The number of amides is 2. The lowest BCUT2D eigenvalue weighted by Gasteiger charge is -2.37. The molecule has 32 heavy (non-hydrogen) atoms. The minimum Gasteiger partial charge on any atom is -0.352 e. The van der Waals surface area contributed by atoms with Gasteiger partial charge in [0.1, 0.15) is 5.82 Å². The second kappa shape index (κ2) is 8.70. The van der Waals surface area contributed by atoms with Crippen LogP contribution < -0.4 is 9.80 Å². The average Bonchev–Trinajstić information content (AvgIpc) is 3.48. The molecule has 0 radical (unpaired) electrons.